The summed E-state index contributed by atoms with van der Waals surface area (Å²) < 4.78 is 10.9. The van der Waals surface area contributed by atoms with Gasteiger partial charge in [0.15, 0.2) is 0 Å². The molecular weight excluding hydrogens is 414 g/mol. The zero-order chi connectivity index (χ0) is 19.5. The van der Waals surface area contributed by atoms with E-state index < -0.39 is 12.1 Å². The van der Waals surface area contributed by atoms with Crippen LogP contribution in [0.1, 0.15) is 18.1 Å². The molecule has 2 rings (SSSR count). The van der Waals surface area contributed by atoms with Gasteiger partial charge in [-0.3, -0.25) is 4.84 Å². The van der Waals surface area contributed by atoms with Crippen molar-refractivity contribution in [3.05, 3.63) is 75.8 Å². The van der Waals surface area contributed by atoms with Crippen LogP contribution in [0.15, 0.2) is 64.6 Å². The maximum absolute atomic E-state index is 12.1. The van der Waals surface area contributed by atoms with Gasteiger partial charge in [-0.2, -0.15) is 5.48 Å². The molecule has 1 N–H and O–H groups in total. The zero-order valence-corrected chi connectivity index (χ0v) is 16.4. The molecule has 1 amide bonds. The molecule has 0 aliphatic rings. The van der Waals surface area contributed by atoms with E-state index in [0.717, 1.165) is 15.6 Å². The van der Waals surface area contributed by atoms with Crippen molar-refractivity contribution in [2.24, 2.45) is 0 Å². The van der Waals surface area contributed by atoms with Crippen molar-refractivity contribution < 1.29 is 23.9 Å². The van der Waals surface area contributed by atoms with E-state index in [-0.39, 0.29) is 25.4 Å². The molecule has 142 valence electrons. The summed E-state index contributed by atoms with van der Waals surface area (Å²) in [5.41, 5.74) is 4.07. The minimum Gasteiger partial charge on any atom is -0.463 e. The Morgan fingerprint density at radius 3 is 2.56 bits per heavy atom. The Morgan fingerprint density at radius 1 is 1.07 bits per heavy atom. The molecule has 0 aliphatic carbocycles. The van der Waals surface area contributed by atoms with Gasteiger partial charge < -0.3 is 9.47 Å². The lowest BCUT2D eigenvalue weighted by atomic mass is 10.1. The normalized spacial score (nSPS) is 11.0. The fourth-order valence-electron chi connectivity index (χ4n) is 2.11. The highest BCUT2D eigenvalue weighted by Gasteiger charge is 2.13. The molecular formula is C20H20BrNO5. The van der Waals surface area contributed by atoms with Crippen molar-refractivity contribution in [2.45, 2.75) is 13.5 Å². The number of halogens is 1. The van der Waals surface area contributed by atoms with Crippen molar-refractivity contribution in [1.29, 1.82) is 0 Å². The molecule has 0 heterocycles. The van der Waals surface area contributed by atoms with Gasteiger partial charge in [-0.15, -0.1) is 0 Å². The van der Waals surface area contributed by atoms with Gasteiger partial charge in [0.05, 0.1) is 12.2 Å². The summed E-state index contributed by atoms with van der Waals surface area (Å²) in [4.78, 5) is 28.9. The molecule has 0 aliphatic heterocycles. The van der Waals surface area contributed by atoms with Gasteiger partial charge in [-0.25, -0.2) is 9.59 Å². The minimum atomic E-state index is -0.746. The molecule has 0 aromatic heterocycles. The van der Waals surface area contributed by atoms with Gasteiger partial charge in [-0.1, -0.05) is 58.4 Å². The van der Waals surface area contributed by atoms with Crippen molar-refractivity contribution >= 4 is 34.1 Å². The third-order valence-electron chi connectivity index (χ3n) is 3.32. The molecule has 0 fully saturated rings. The summed E-state index contributed by atoms with van der Waals surface area (Å²) in [5.74, 6) is -0.517. The second-order valence-corrected chi connectivity index (χ2v) is 6.31. The molecule has 2 aromatic carbocycles. The van der Waals surface area contributed by atoms with Crippen LogP contribution in [-0.4, -0.2) is 25.3 Å². The van der Waals surface area contributed by atoms with Crippen LogP contribution in [0.4, 0.5) is 4.79 Å². The average Bonchev–Trinajstić information content (AvgIpc) is 2.66. The summed E-state index contributed by atoms with van der Waals surface area (Å²) in [6.07, 6.45) is 0.893. The SMILES string of the molecule is CCOC(=O)/C(=C/c1cccc(Br)c1)CONC(=O)OCc1ccccc1. The molecule has 2 aromatic rings. The molecule has 0 bridgehead atoms. The van der Waals surface area contributed by atoms with Gasteiger partial charge in [0, 0.05) is 4.47 Å². The van der Waals surface area contributed by atoms with E-state index in [1.165, 1.54) is 0 Å². The minimum absolute atomic E-state index is 0.120. The summed E-state index contributed by atoms with van der Waals surface area (Å²) in [6, 6.07) is 16.7. The first-order valence-electron chi connectivity index (χ1n) is 8.30. The predicted octanol–water partition coefficient (Wildman–Crippen LogP) is 4.25. The van der Waals surface area contributed by atoms with E-state index in [4.69, 9.17) is 14.3 Å². The first-order valence-corrected chi connectivity index (χ1v) is 9.09. The Hall–Kier alpha value is -2.64. The van der Waals surface area contributed by atoms with Crippen LogP contribution in [0.2, 0.25) is 0 Å². The number of amides is 1. The number of esters is 1. The topological polar surface area (TPSA) is 73.9 Å². The van der Waals surface area contributed by atoms with E-state index in [9.17, 15) is 9.59 Å². The molecule has 7 heteroatoms. The van der Waals surface area contributed by atoms with Crippen molar-refractivity contribution in [1.82, 2.24) is 5.48 Å². The van der Waals surface area contributed by atoms with Crippen LogP contribution < -0.4 is 5.48 Å². The zero-order valence-electron chi connectivity index (χ0n) is 14.8. The number of rotatable bonds is 8. The second kappa shape index (κ2) is 11.2. The predicted molar refractivity (Wildman–Crippen MR) is 104 cm³/mol. The van der Waals surface area contributed by atoms with E-state index in [1.807, 2.05) is 54.6 Å². The lowest BCUT2D eigenvalue weighted by Gasteiger charge is -2.10. The number of hydrogen-bond acceptors (Lipinski definition) is 5. The quantitative estimate of drug-likeness (QED) is 0.382. The van der Waals surface area contributed by atoms with E-state index in [2.05, 4.69) is 21.4 Å². The third kappa shape index (κ3) is 7.64. The molecule has 0 unspecified atom stereocenters. The lowest BCUT2D eigenvalue weighted by molar-refractivity contribution is -0.139. The van der Waals surface area contributed by atoms with Gasteiger partial charge in [0.1, 0.15) is 13.2 Å². The highest BCUT2D eigenvalue weighted by Crippen LogP contribution is 2.15. The maximum atomic E-state index is 12.1. The number of ether oxygens (including phenoxy) is 2. The lowest BCUT2D eigenvalue weighted by Crippen LogP contribution is -2.26. The number of hydrogen-bond donors (Lipinski definition) is 1. The Bertz CT molecular complexity index is 792. The molecule has 0 spiro atoms. The van der Waals surface area contributed by atoms with Gasteiger partial charge in [0.25, 0.3) is 0 Å². The first-order chi connectivity index (χ1) is 13.1. The van der Waals surface area contributed by atoms with Crippen LogP contribution in [0.5, 0.6) is 0 Å². The smallest absolute Gasteiger partial charge is 0.431 e. The van der Waals surface area contributed by atoms with E-state index in [0.29, 0.717) is 0 Å². The largest absolute Gasteiger partial charge is 0.463 e. The van der Waals surface area contributed by atoms with Crippen LogP contribution in [0.3, 0.4) is 0 Å². The van der Waals surface area contributed by atoms with Gasteiger partial charge in [-0.05, 0) is 36.3 Å². The summed E-state index contributed by atoms with van der Waals surface area (Å²) in [5, 5.41) is 0. The van der Waals surface area contributed by atoms with E-state index in [1.54, 1.807) is 13.0 Å². The maximum Gasteiger partial charge on any atom is 0.431 e. The summed E-state index contributed by atoms with van der Waals surface area (Å²) in [7, 11) is 0. The van der Waals surface area contributed by atoms with Crippen molar-refractivity contribution in [3.63, 3.8) is 0 Å². The summed E-state index contributed by atoms with van der Waals surface area (Å²) >= 11 is 3.38. The van der Waals surface area contributed by atoms with Crippen LogP contribution >= 0.6 is 15.9 Å². The standard InChI is InChI=1S/C20H20BrNO5/c1-2-25-19(23)17(11-16-9-6-10-18(21)12-16)14-27-22-20(24)26-13-15-7-4-3-5-8-15/h3-12H,2,13-14H2,1H3,(H,22,24)/b17-11+. The van der Waals surface area contributed by atoms with Crippen molar-refractivity contribution in [3.8, 4) is 0 Å². The fourth-order valence-corrected chi connectivity index (χ4v) is 2.52. The Morgan fingerprint density at radius 2 is 1.85 bits per heavy atom. The van der Waals surface area contributed by atoms with Crippen LogP contribution in [0, 0.1) is 0 Å². The monoisotopic (exact) mass is 433 g/mol. The third-order valence-corrected chi connectivity index (χ3v) is 3.82. The molecule has 0 atom stereocenters. The van der Waals surface area contributed by atoms with E-state index >= 15 is 0 Å². The summed E-state index contributed by atoms with van der Waals surface area (Å²) in [6.45, 7) is 1.91. The van der Waals surface area contributed by atoms with Gasteiger partial charge >= 0.3 is 12.1 Å². The Labute approximate surface area is 166 Å². The fraction of sp³-hybridized carbons (Fsp3) is 0.200. The number of hydroxylamine groups is 1. The number of nitrogens with one attached hydrogen (secondary N) is 1. The van der Waals surface area contributed by atoms with Crippen LogP contribution in [-0.2, 0) is 25.7 Å². The Kier molecular flexibility index (Phi) is 8.54. The van der Waals surface area contributed by atoms with Gasteiger partial charge in [0.2, 0.25) is 0 Å². The first kappa shape index (κ1) is 20.7. The van der Waals surface area contributed by atoms with Crippen molar-refractivity contribution in [2.75, 3.05) is 13.2 Å². The van der Waals surface area contributed by atoms with Crippen LogP contribution in [0.25, 0.3) is 6.08 Å². The molecule has 0 radical (unpaired) electrons. The molecule has 0 saturated heterocycles. The highest BCUT2D eigenvalue weighted by atomic mass is 79.9. The number of carbonyl (C=O) groups is 2. The average molecular weight is 434 g/mol. The highest BCUT2D eigenvalue weighted by molar-refractivity contribution is 9.10. The second-order valence-electron chi connectivity index (χ2n) is 5.40. The number of carbonyl (C=O) groups excluding carboxylic acids is 2. The Balaban J connectivity index is 1.89. The molecule has 27 heavy (non-hydrogen) atoms. The molecule has 6 nitrogen and oxygen atoms in total. The molecule has 0 saturated carbocycles. The number of benzene rings is 2.